The number of nitrogens with one attached hydrogen (secondary N) is 2. The van der Waals surface area contributed by atoms with E-state index in [0.29, 0.717) is 5.92 Å². The van der Waals surface area contributed by atoms with E-state index in [2.05, 4.69) is 75.4 Å². The average molecular weight is 477 g/mol. The molecular formula is C21H28IN5. The smallest absolute Gasteiger partial charge is 0.191 e. The average Bonchev–Trinajstić information content (AvgIpc) is 3.06. The summed E-state index contributed by atoms with van der Waals surface area (Å²) in [6, 6.07) is 16.9. The van der Waals surface area contributed by atoms with E-state index >= 15 is 0 Å². The Morgan fingerprint density at radius 1 is 1.04 bits per heavy atom. The van der Waals surface area contributed by atoms with E-state index < -0.39 is 0 Å². The van der Waals surface area contributed by atoms with E-state index in [1.807, 2.05) is 18.5 Å². The minimum atomic E-state index is 0. The Bertz CT molecular complexity index is 868. The van der Waals surface area contributed by atoms with Gasteiger partial charge in [0.25, 0.3) is 0 Å². The van der Waals surface area contributed by atoms with Crippen LogP contribution >= 0.6 is 24.0 Å². The van der Waals surface area contributed by atoms with Crippen LogP contribution in [-0.2, 0) is 13.1 Å². The summed E-state index contributed by atoms with van der Waals surface area (Å²) in [5, 5.41) is 6.68. The minimum absolute atomic E-state index is 0. The Hall–Kier alpha value is -2.09. The van der Waals surface area contributed by atoms with Crippen molar-refractivity contribution in [2.24, 2.45) is 10.9 Å². The number of nitrogens with zero attached hydrogens (tertiary/aromatic N) is 3. The molecule has 144 valence electrons. The molecule has 0 atom stereocenters. The lowest BCUT2D eigenvalue weighted by atomic mass is 10.1. The van der Waals surface area contributed by atoms with Crippen molar-refractivity contribution in [3.63, 3.8) is 0 Å². The predicted molar refractivity (Wildman–Crippen MR) is 124 cm³/mol. The summed E-state index contributed by atoms with van der Waals surface area (Å²) < 4.78 is 2.18. The van der Waals surface area contributed by atoms with Crippen molar-refractivity contribution in [1.82, 2.24) is 20.2 Å². The van der Waals surface area contributed by atoms with Crippen LogP contribution in [0.1, 0.15) is 25.0 Å². The maximum atomic E-state index is 4.45. The molecule has 0 unspecified atom stereocenters. The topological polar surface area (TPSA) is 54.2 Å². The fourth-order valence-electron chi connectivity index (χ4n) is 2.80. The van der Waals surface area contributed by atoms with Gasteiger partial charge in [-0.05, 0) is 29.2 Å². The van der Waals surface area contributed by atoms with Crippen LogP contribution in [-0.4, -0.2) is 29.1 Å². The van der Waals surface area contributed by atoms with E-state index in [4.69, 9.17) is 0 Å². The summed E-state index contributed by atoms with van der Waals surface area (Å²) >= 11 is 0. The van der Waals surface area contributed by atoms with Gasteiger partial charge in [0.15, 0.2) is 5.96 Å². The molecule has 0 spiro atoms. The van der Waals surface area contributed by atoms with Gasteiger partial charge in [-0.25, -0.2) is 4.98 Å². The molecule has 3 aromatic rings. The first-order valence-corrected chi connectivity index (χ1v) is 9.08. The van der Waals surface area contributed by atoms with Crippen LogP contribution in [0.5, 0.6) is 0 Å². The fourth-order valence-corrected chi connectivity index (χ4v) is 2.80. The van der Waals surface area contributed by atoms with Crippen LogP contribution in [0.3, 0.4) is 0 Å². The number of para-hydroxylation sites is 2. The normalized spacial score (nSPS) is 11.5. The Morgan fingerprint density at radius 2 is 1.74 bits per heavy atom. The first-order valence-electron chi connectivity index (χ1n) is 9.08. The van der Waals surface area contributed by atoms with Crippen molar-refractivity contribution in [2.45, 2.75) is 26.9 Å². The van der Waals surface area contributed by atoms with Crippen molar-refractivity contribution in [3.8, 4) is 0 Å². The summed E-state index contributed by atoms with van der Waals surface area (Å²) in [6.07, 6.45) is 1.91. The van der Waals surface area contributed by atoms with Gasteiger partial charge in [0, 0.05) is 26.7 Å². The second kappa shape index (κ2) is 10.3. The number of hydrogen-bond donors (Lipinski definition) is 2. The molecule has 1 aromatic heterocycles. The van der Waals surface area contributed by atoms with E-state index in [-0.39, 0.29) is 24.0 Å². The van der Waals surface area contributed by atoms with Crippen molar-refractivity contribution in [3.05, 3.63) is 66.0 Å². The highest BCUT2D eigenvalue weighted by atomic mass is 127. The molecule has 0 aliphatic rings. The zero-order valence-electron chi connectivity index (χ0n) is 16.1. The molecule has 0 aliphatic heterocycles. The third-order valence-electron chi connectivity index (χ3n) is 4.26. The SMILES string of the molecule is CN=C(NCc1ccc(Cn2cnc3ccccc32)cc1)NCC(C)C.I. The number of fused-ring (bicyclic) bond motifs is 1. The Kier molecular flexibility index (Phi) is 8.09. The fraction of sp³-hybridized carbons (Fsp3) is 0.333. The number of guanidine groups is 1. The number of hydrogen-bond acceptors (Lipinski definition) is 2. The van der Waals surface area contributed by atoms with Gasteiger partial charge in [0.2, 0.25) is 0 Å². The molecule has 6 heteroatoms. The number of aliphatic imine (C=N–C) groups is 1. The number of rotatable bonds is 6. The van der Waals surface area contributed by atoms with Crippen LogP contribution in [0.2, 0.25) is 0 Å². The van der Waals surface area contributed by atoms with Gasteiger partial charge in [-0.1, -0.05) is 50.2 Å². The zero-order chi connectivity index (χ0) is 18.4. The van der Waals surface area contributed by atoms with Gasteiger partial charge in [-0.15, -0.1) is 24.0 Å². The Balaban J connectivity index is 0.00000261. The molecule has 3 rings (SSSR count). The lowest BCUT2D eigenvalue weighted by Gasteiger charge is -2.13. The lowest BCUT2D eigenvalue weighted by Crippen LogP contribution is -2.38. The van der Waals surface area contributed by atoms with E-state index in [0.717, 1.165) is 31.1 Å². The van der Waals surface area contributed by atoms with E-state index in [1.165, 1.54) is 16.6 Å². The van der Waals surface area contributed by atoms with Crippen LogP contribution in [0.25, 0.3) is 11.0 Å². The molecule has 0 aliphatic carbocycles. The molecule has 0 amide bonds. The molecule has 0 radical (unpaired) electrons. The van der Waals surface area contributed by atoms with Crippen LogP contribution in [0, 0.1) is 5.92 Å². The zero-order valence-corrected chi connectivity index (χ0v) is 18.5. The van der Waals surface area contributed by atoms with Gasteiger partial charge in [-0.2, -0.15) is 0 Å². The van der Waals surface area contributed by atoms with Gasteiger partial charge < -0.3 is 15.2 Å². The second-order valence-corrected chi connectivity index (χ2v) is 6.88. The molecule has 2 N–H and O–H groups in total. The standard InChI is InChI=1S/C21H27N5.HI/c1-16(2)12-23-21(22-3)24-13-17-8-10-18(11-9-17)14-26-15-25-19-6-4-5-7-20(19)26;/h4-11,15-16H,12-14H2,1-3H3,(H2,22,23,24);1H. The van der Waals surface area contributed by atoms with Gasteiger partial charge >= 0.3 is 0 Å². The molecule has 0 fully saturated rings. The quantitative estimate of drug-likeness (QED) is 0.320. The van der Waals surface area contributed by atoms with Gasteiger partial charge in [-0.3, -0.25) is 4.99 Å². The number of halogens is 1. The van der Waals surface area contributed by atoms with Crippen molar-refractivity contribution >= 4 is 41.0 Å². The maximum absolute atomic E-state index is 4.45. The first-order chi connectivity index (χ1) is 12.7. The van der Waals surface area contributed by atoms with Crippen molar-refractivity contribution in [2.75, 3.05) is 13.6 Å². The lowest BCUT2D eigenvalue weighted by molar-refractivity contribution is 0.614. The number of imidazole rings is 1. The number of aromatic nitrogens is 2. The summed E-state index contributed by atoms with van der Waals surface area (Å²) in [5.74, 6) is 1.43. The molecule has 5 nitrogen and oxygen atoms in total. The summed E-state index contributed by atoms with van der Waals surface area (Å²) in [4.78, 5) is 8.71. The molecule has 27 heavy (non-hydrogen) atoms. The second-order valence-electron chi connectivity index (χ2n) is 6.88. The van der Waals surface area contributed by atoms with E-state index in [1.54, 1.807) is 7.05 Å². The molecular weight excluding hydrogens is 449 g/mol. The van der Waals surface area contributed by atoms with Gasteiger partial charge in [0.05, 0.1) is 17.4 Å². The van der Waals surface area contributed by atoms with Crippen molar-refractivity contribution in [1.29, 1.82) is 0 Å². The van der Waals surface area contributed by atoms with Crippen LogP contribution in [0.15, 0.2) is 59.9 Å². The summed E-state index contributed by atoms with van der Waals surface area (Å²) in [5.41, 5.74) is 4.70. The summed E-state index contributed by atoms with van der Waals surface area (Å²) in [7, 11) is 1.80. The minimum Gasteiger partial charge on any atom is -0.356 e. The Morgan fingerprint density at radius 3 is 2.44 bits per heavy atom. The summed E-state index contributed by atoms with van der Waals surface area (Å²) in [6.45, 7) is 6.86. The molecule has 0 saturated carbocycles. The van der Waals surface area contributed by atoms with Crippen molar-refractivity contribution < 1.29 is 0 Å². The highest BCUT2D eigenvalue weighted by Crippen LogP contribution is 2.14. The van der Waals surface area contributed by atoms with Crippen LogP contribution < -0.4 is 10.6 Å². The first kappa shape index (κ1) is 21.2. The molecule has 0 bridgehead atoms. The molecule has 0 saturated heterocycles. The third kappa shape index (κ3) is 5.95. The monoisotopic (exact) mass is 477 g/mol. The van der Waals surface area contributed by atoms with Crippen LogP contribution in [0.4, 0.5) is 0 Å². The van der Waals surface area contributed by atoms with Gasteiger partial charge in [0.1, 0.15) is 0 Å². The predicted octanol–water partition coefficient (Wildman–Crippen LogP) is 4.02. The third-order valence-corrected chi connectivity index (χ3v) is 4.26. The molecule has 1 heterocycles. The molecule has 2 aromatic carbocycles. The maximum Gasteiger partial charge on any atom is 0.191 e. The highest BCUT2D eigenvalue weighted by Gasteiger charge is 2.03. The van der Waals surface area contributed by atoms with E-state index in [9.17, 15) is 0 Å². The highest BCUT2D eigenvalue weighted by molar-refractivity contribution is 14.0. The Labute approximate surface area is 178 Å². The number of benzene rings is 2. The largest absolute Gasteiger partial charge is 0.356 e.